The Morgan fingerprint density at radius 2 is 1.78 bits per heavy atom. The molecule has 0 amide bonds. The van der Waals surface area contributed by atoms with Crippen molar-refractivity contribution in [2.24, 2.45) is 0 Å². The largest absolute Gasteiger partial charge is 0.478 e. The molecule has 0 bridgehead atoms. The van der Waals surface area contributed by atoms with E-state index in [-0.39, 0.29) is 29.8 Å². The monoisotopic (exact) mass is 521 g/mol. The first kappa shape index (κ1) is 25.6. The molecule has 0 aliphatic heterocycles. The van der Waals surface area contributed by atoms with Crippen LogP contribution in [0.3, 0.4) is 0 Å². The van der Waals surface area contributed by atoms with E-state index in [4.69, 9.17) is 21.4 Å². The standard InChI is InChI=1S/C26H24ClN5O5/c1-3-16(2)32-25(35)30-24(31(26(32)36)15-17-4-6-19(27)7-5-17)29-20-8-10-21(11-9-20)37-22-12-18(23(33)34)13-28-14-22/h4-14,16H,3,15H2,1-2H3,(H,33,34)(H,29,30,35)/t16-/m1/s1. The Bertz CT molecular complexity index is 1530. The van der Waals surface area contributed by atoms with Crippen LogP contribution < -0.4 is 21.4 Å². The molecule has 0 aliphatic carbocycles. The van der Waals surface area contributed by atoms with Gasteiger partial charge >= 0.3 is 17.3 Å². The van der Waals surface area contributed by atoms with Crippen LogP contribution in [0.15, 0.2) is 76.6 Å². The molecule has 2 aromatic carbocycles. The molecule has 1 atom stereocenters. The van der Waals surface area contributed by atoms with Crippen molar-refractivity contribution in [3.63, 3.8) is 0 Å². The lowest BCUT2D eigenvalue weighted by atomic mass is 10.2. The second-order valence-electron chi connectivity index (χ2n) is 8.31. The van der Waals surface area contributed by atoms with E-state index in [0.29, 0.717) is 22.9 Å². The van der Waals surface area contributed by atoms with Crippen LogP contribution in [0.1, 0.15) is 42.2 Å². The van der Waals surface area contributed by atoms with Crippen molar-refractivity contribution in [2.75, 3.05) is 5.32 Å². The quantitative estimate of drug-likeness (QED) is 0.324. The zero-order valence-corrected chi connectivity index (χ0v) is 20.8. The van der Waals surface area contributed by atoms with E-state index in [1.807, 2.05) is 6.92 Å². The summed E-state index contributed by atoms with van der Waals surface area (Å²) in [5.41, 5.74) is 0.263. The number of anilines is 2. The molecule has 10 nitrogen and oxygen atoms in total. The molecule has 11 heteroatoms. The number of aromatic nitrogens is 4. The Morgan fingerprint density at radius 3 is 2.43 bits per heavy atom. The third kappa shape index (κ3) is 6.04. The van der Waals surface area contributed by atoms with Crippen LogP contribution in [0.4, 0.5) is 11.6 Å². The first-order chi connectivity index (χ1) is 17.7. The van der Waals surface area contributed by atoms with E-state index in [1.54, 1.807) is 55.5 Å². The molecule has 0 spiro atoms. The van der Waals surface area contributed by atoms with Gasteiger partial charge in [0.1, 0.15) is 11.5 Å². The van der Waals surface area contributed by atoms with Crippen molar-refractivity contribution >= 4 is 29.2 Å². The second kappa shape index (κ2) is 11.1. The fourth-order valence-corrected chi connectivity index (χ4v) is 3.67. The van der Waals surface area contributed by atoms with Gasteiger partial charge in [0.2, 0.25) is 5.95 Å². The summed E-state index contributed by atoms with van der Waals surface area (Å²) in [4.78, 5) is 45.3. The highest BCUT2D eigenvalue weighted by Gasteiger charge is 2.17. The SMILES string of the molecule is CC[C@@H](C)n1c(=O)nc(Nc2ccc(Oc3cncc(C(=O)O)c3)cc2)n(Cc2ccc(Cl)cc2)c1=O. The fourth-order valence-electron chi connectivity index (χ4n) is 3.54. The number of carboxylic acid groups (broad SMARTS) is 1. The Morgan fingerprint density at radius 1 is 1.08 bits per heavy atom. The molecule has 0 saturated heterocycles. The molecule has 2 aromatic heterocycles. The number of aromatic carboxylic acids is 1. The minimum atomic E-state index is -1.11. The number of pyridine rings is 1. The number of hydrogen-bond acceptors (Lipinski definition) is 7. The number of ether oxygens (including phenoxy) is 1. The summed E-state index contributed by atoms with van der Waals surface area (Å²) in [6.45, 7) is 3.87. The lowest BCUT2D eigenvalue weighted by molar-refractivity contribution is 0.0696. The molecule has 0 unspecified atom stereocenters. The maximum Gasteiger partial charge on any atom is 0.355 e. The van der Waals surface area contributed by atoms with Crippen molar-refractivity contribution in [1.82, 2.24) is 19.1 Å². The summed E-state index contributed by atoms with van der Waals surface area (Å²) in [5, 5.41) is 12.7. The molecule has 0 aliphatic rings. The Balaban J connectivity index is 1.63. The summed E-state index contributed by atoms with van der Waals surface area (Å²) < 4.78 is 8.25. The number of nitrogens with one attached hydrogen (secondary N) is 1. The van der Waals surface area contributed by atoms with Crippen molar-refractivity contribution in [3.8, 4) is 11.5 Å². The normalized spacial score (nSPS) is 11.6. The Kier molecular flexibility index (Phi) is 7.69. The van der Waals surface area contributed by atoms with Gasteiger partial charge in [0.15, 0.2) is 0 Å². The summed E-state index contributed by atoms with van der Waals surface area (Å²) in [5.74, 6) is -0.303. The maximum atomic E-state index is 13.4. The molecule has 4 aromatic rings. The van der Waals surface area contributed by atoms with E-state index < -0.39 is 17.3 Å². The van der Waals surface area contributed by atoms with Gasteiger partial charge in [0.05, 0.1) is 18.3 Å². The number of rotatable bonds is 9. The molecule has 0 radical (unpaired) electrons. The summed E-state index contributed by atoms with van der Waals surface area (Å²) in [6, 6.07) is 14.8. The Labute approximate surface area is 216 Å². The number of benzene rings is 2. The van der Waals surface area contributed by atoms with E-state index in [9.17, 15) is 14.4 Å². The zero-order valence-electron chi connectivity index (χ0n) is 20.1. The summed E-state index contributed by atoms with van der Waals surface area (Å²) >= 11 is 6.00. The molecular formula is C26H24ClN5O5. The molecule has 0 saturated carbocycles. The molecular weight excluding hydrogens is 498 g/mol. The van der Waals surface area contributed by atoms with Gasteiger partial charge < -0.3 is 15.2 Å². The molecule has 190 valence electrons. The smallest absolute Gasteiger partial charge is 0.355 e. The van der Waals surface area contributed by atoms with Crippen LogP contribution in [0.25, 0.3) is 0 Å². The number of nitrogens with zero attached hydrogens (tertiary/aromatic N) is 4. The van der Waals surface area contributed by atoms with Gasteiger partial charge in [0.25, 0.3) is 0 Å². The zero-order chi connectivity index (χ0) is 26.5. The maximum absolute atomic E-state index is 13.4. The van der Waals surface area contributed by atoms with Crippen LogP contribution in [0.2, 0.25) is 5.02 Å². The number of carbonyl (C=O) groups is 1. The molecule has 2 N–H and O–H groups in total. The van der Waals surface area contributed by atoms with Crippen molar-refractivity contribution in [2.45, 2.75) is 32.9 Å². The van der Waals surface area contributed by atoms with Gasteiger partial charge in [-0.25, -0.2) is 19.0 Å². The minimum Gasteiger partial charge on any atom is -0.478 e. The van der Waals surface area contributed by atoms with E-state index >= 15 is 0 Å². The predicted octanol–water partition coefficient (Wildman–Crippen LogP) is 4.71. The lowest BCUT2D eigenvalue weighted by Gasteiger charge is -2.18. The second-order valence-corrected chi connectivity index (χ2v) is 8.74. The highest BCUT2D eigenvalue weighted by Crippen LogP contribution is 2.24. The van der Waals surface area contributed by atoms with E-state index in [1.165, 1.54) is 23.0 Å². The van der Waals surface area contributed by atoms with Gasteiger partial charge in [-0.1, -0.05) is 30.7 Å². The molecule has 4 rings (SSSR count). The molecule has 0 fully saturated rings. The number of halogens is 1. The molecule has 37 heavy (non-hydrogen) atoms. The van der Waals surface area contributed by atoms with Crippen LogP contribution >= 0.6 is 11.6 Å². The predicted molar refractivity (Wildman–Crippen MR) is 139 cm³/mol. The van der Waals surface area contributed by atoms with Gasteiger partial charge in [0, 0.05) is 22.9 Å². The van der Waals surface area contributed by atoms with Crippen molar-refractivity contribution < 1.29 is 14.6 Å². The van der Waals surface area contributed by atoms with Crippen LogP contribution in [-0.2, 0) is 6.54 Å². The van der Waals surface area contributed by atoms with Gasteiger partial charge in [-0.2, -0.15) is 4.98 Å². The van der Waals surface area contributed by atoms with E-state index in [2.05, 4.69) is 15.3 Å². The Hall–Kier alpha value is -4.44. The highest BCUT2D eigenvalue weighted by atomic mass is 35.5. The van der Waals surface area contributed by atoms with Crippen LogP contribution in [0.5, 0.6) is 11.5 Å². The van der Waals surface area contributed by atoms with Crippen molar-refractivity contribution in [1.29, 1.82) is 0 Å². The van der Waals surface area contributed by atoms with E-state index in [0.717, 1.165) is 10.1 Å². The number of carboxylic acids is 1. The third-order valence-corrected chi connectivity index (χ3v) is 5.94. The minimum absolute atomic E-state index is 0.00708. The average Bonchev–Trinajstić information content (AvgIpc) is 2.88. The van der Waals surface area contributed by atoms with Crippen LogP contribution in [-0.4, -0.2) is 30.2 Å². The highest BCUT2D eigenvalue weighted by molar-refractivity contribution is 6.30. The first-order valence-electron chi connectivity index (χ1n) is 11.5. The topological polar surface area (TPSA) is 128 Å². The van der Waals surface area contributed by atoms with Gasteiger partial charge in [-0.15, -0.1) is 0 Å². The van der Waals surface area contributed by atoms with Gasteiger partial charge in [-0.05, 0) is 61.4 Å². The average molecular weight is 522 g/mol. The van der Waals surface area contributed by atoms with Crippen LogP contribution in [0, 0.1) is 0 Å². The summed E-state index contributed by atoms with van der Waals surface area (Å²) in [7, 11) is 0. The molecule has 2 heterocycles. The lowest BCUT2D eigenvalue weighted by Crippen LogP contribution is -2.44. The van der Waals surface area contributed by atoms with Crippen molar-refractivity contribution in [3.05, 3.63) is 104 Å². The number of hydrogen-bond donors (Lipinski definition) is 2. The fraction of sp³-hybridized carbons (Fsp3) is 0.192. The first-order valence-corrected chi connectivity index (χ1v) is 11.8. The third-order valence-electron chi connectivity index (χ3n) is 5.69. The van der Waals surface area contributed by atoms with Gasteiger partial charge in [-0.3, -0.25) is 9.55 Å². The summed E-state index contributed by atoms with van der Waals surface area (Å²) in [6.07, 6.45) is 3.23.